The van der Waals surface area contributed by atoms with Gasteiger partial charge < -0.3 is 4.74 Å². The third-order valence-corrected chi connectivity index (χ3v) is 4.60. The second kappa shape index (κ2) is 6.16. The number of carbonyl (C=O) groups is 2. The summed E-state index contributed by atoms with van der Waals surface area (Å²) in [6.45, 7) is 2.69. The van der Waals surface area contributed by atoms with Crippen LogP contribution in [0, 0.1) is 5.92 Å². The molecule has 4 rings (SSSR count). The van der Waals surface area contributed by atoms with Crippen LogP contribution in [0.4, 0.5) is 0 Å². The van der Waals surface area contributed by atoms with Gasteiger partial charge in [0.1, 0.15) is 5.92 Å². The summed E-state index contributed by atoms with van der Waals surface area (Å²) in [6.07, 6.45) is 2.35. The molecule has 2 aromatic carbocycles. The molecule has 0 N–H and O–H groups in total. The second-order valence-electron chi connectivity index (χ2n) is 6.21. The number of ketones is 1. The Morgan fingerprint density at radius 1 is 1.24 bits per heavy atom. The molecule has 0 bridgehead atoms. The molecule has 25 heavy (non-hydrogen) atoms. The van der Waals surface area contributed by atoms with Crippen LogP contribution in [-0.4, -0.2) is 28.1 Å². The molecule has 3 aromatic rings. The van der Waals surface area contributed by atoms with Gasteiger partial charge in [0.15, 0.2) is 5.78 Å². The largest absolute Gasteiger partial charge is 0.465 e. The Kier molecular flexibility index (Phi) is 3.84. The number of ether oxygens (including phenoxy) is 1. The average molecular weight is 334 g/mol. The van der Waals surface area contributed by atoms with E-state index in [4.69, 9.17) is 4.74 Å². The fraction of sp³-hybridized carbons (Fsp3) is 0.250. The van der Waals surface area contributed by atoms with Gasteiger partial charge in [-0.15, -0.1) is 0 Å². The van der Waals surface area contributed by atoms with Crippen LogP contribution in [0.2, 0.25) is 0 Å². The van der Waals surface area contributed by atoms with Crippen LogP contribution in [0.15, 0.2) is 48.7 Å². The molecule has 1 aromatic heterocycles. The molecule has 1 heterocycles. The van der Waals surface area contributed by atoms with E-state index in [9.17, 15) is 9.59 Å². The molecule has 0 fully saturated rings. The predicted octanol–water partition coefficient (Wildman–Crippen LogP) is 3.00. The minimum absolute atomic E-state index is 0.147. The van der Waals surface area contributed by atoms with E-state index in [1.807, 2.05) is 35.1 Å². The first-order valence-corrected chi connectivity index (χ1v) is 8.41. The van der Waals surface area contributed by atoms with Crippen molar-refractivity contribution < 1.29 is 14.3 Å². The number of benzene rings is 2. The predicted molar refractivity (Wildman–Crippen MR) is 93.4 cm³/mol. The minimum Gasteiger partial charge on any atom is -0.465 e. The number of rotatable bonds is 4. The molecular formula is C20H18N2O3. The fourth-order valence-corrected chi connectivity index (χ4v) is 3.42. The Morgan fingerprint density at radius 3 is 2.80 bits per heavy atom. The van der Waals surface area contributed by atoms with Crippen LogP contribution in [-0.2, 0) is 22.5 Å². The molecule has 5 nitrogen and oxygen atoms in total. The van der Waals surface area contributed by atoms with Crippen LogP contribution >= 0.6 is 0 Å². The van der Waals surface area contributed by atoms with Crippen LogP contribution in [0.3, 0.4) is 0 Å². The topological polar surface area (TPSA) is 61.2 Å². The van der Waals surface area contributed by atoms with E-state index in [0.717, 1.165) is 22.0 Å². The number of hydrogen-bond donors (Lipinski definition) is 0. The van der Waals surface area contributed by atoms with E-state index >= 15 is 0 Å². The Bertz CT molecular complexity index is 960. The number of carbonyl (C=O) groups excluding carboxylic acids is 2. The van der Waals surface area contributed by atoms with Crippen LogP contribution in [0.5, 0.6) is 0 Å². The third-order valence-electron chi connectivity index (χ3n) is 4.60. The summed E-state index contributed by atoms with van der Waals surface area (Å²) < 4.78 is 6.92. The van der Waals surface area contributed by atoms with Crippen molar-refractivity contribution in [2.45, 2.75) is 19.9 Å². The van der Waals surface area contributed by atoms with Gasteiger partial charge >= 0.3 is 5.97 Å². The van der Waals surface area contributed by atoms with E-state index < -0.39 is 11.9 Å². The van der Waals surface area contributed by atoms with E-state index in [-0.39, 0.29) is 12.4 Å². The average Bonchev–Trinajstić information content (AvgIpc) is 3.17. The Labute approximate surface area is 145 Å². The quantitative estimate of drug-likeness (QED) is 0.543. The van der Waals surface area contributed by atoms with Crippen molar-refractivity contribution in [3.63, 3.8) is 0 Å². The van der Waals surface area contributed by atoms with Gasteiger partial charge in [0.2, 0.25) is 0 Å². The Hall–Kier alpha value is -2.95. The first-order chi connectivity index (χ1) is 12.2. The highest BCUT2D eigenvalue weighted by atomic mass is 16.5. The minimum atomic E-state index is -0.724. The van der Waals surface area contributed by atoms with Gasteiger partial charge in [-0.3, -0.25) is 14.3 Å². The van der Waals surface area contributed by atoms with Gasteiger partial charge in [0, 0.05) is 17.1 Å². The summed E-state index contributed by atoms with van der Waals surface area (Å²) >= 11 is 0. The molecule has 1 atom stereocenters. The summed E-state index contributed by atoms with van der Waals surface area (Å²) in [5.74, 6) is -1.31. The summed E-state index contributed by atoms with van der Waals surface area (Å²) in [5.41, 5.74) is 3.52. The number of aromatic nitrogens is 2. The normalized spacial score (nSPS) is 16.2. The molecule has 0 saturated carbocycles. The molecule has 126 valence electrons. The molecule has 0 amide bonds. The zero-order valence-corrected chi connectivity index (χ0v) is 13.9. The van der Waals surface area contributed by atoms with Gasteiger partial charge in [0.25, 0.3) is 0 Å². The van der Waals surface area contributed by atoms with Crippen molar-refractivity contribution in [2.75, 3.05) is 6.61 Å². The second-order valence-corrected chi connectivity index (χ2v) is 6.21. The van der Waals surface area contributed by atoms with Crippen molar-refractivity contribution in [3.8, 4) is 0 Å². The molecule has 0 aliphatic heterocycles. The molecular weight excluding hydrogens is 316 g/mol. The third kappa shape index (κ3) is 2.71. The summed E-state index contributed by atoms with van der Waals surface area (Å²) in [4.78, 5) is 24.6. The maximum atomic E-state index is 12.5. The lowest BCUT2D eigenvalue weighted by Crippen LogP contribution is -2.23. The molecule has 1 unspecified atom stereocenters. The van der Waals surface area contributed by atoms with E-state index in [1.165, 1.54) is 0 Å². The van der Waals surface area contributed by atoms with E-state index in [2.05, 4.69) is 17.2 Å². The Balaban J connectivity index is 1.69. The monoisotopic (exact) mass is 334 g/mol. The van der Waals surface area contributed by atoms with Crippen molar-refractivity contribution in [2.24, 2.45) is 5.92 Å². The van der Waals surface area contributed by atoms with E-state index in [0.29, 0.717) is 18.5 Å². The van der Waals surface area contributed by atoms with Crippen LogP contribution in [0.25, 0.3) is 10.9 Å². The Morgan fingerprint density at radius 2 is 2.04 bits per heavy atom. The summed E-state index contributed by atoms with van der Waals surface area (Å²) in [6, 6.07) is 13.7. The number of nitrogens with zero attached hydrogens (tertiary/aromatic N) is 2. The van der Waals surface area contributed by atoms with Gasteiger partial charge in [-0.1, -0.05) is 30.3 Å². The highest BCUT2D eigenvalue weighted by molar-refractivity contribution is 6.14. The van der Waals surface area contributed by atoms with E-state index in [1.54, 1.807) is 13.0 Å². The standard InChI is InChI=1S/C20H18N2O3/c1-2-25-20(24)16-10-15-14(19(16)23)8-9-18-17(15)12-22(21-18)11-13-6-4-3-5-7-13/h3-9,12,16H,2,10-11H2,1H3. The zero-order valence-electron chi connectivity index (χ0n) is 13.9. The van der Waals surface area contributed by atoms with Crippen molar-refractivity contribution in [3.05, 3.63) is 65.4 Å². The van der Waals surface area contributed by atoms with Crippen molar-refractivity contribution in [1.82, 2.24) is 9.78 Å². The number of esters is 1. The first-order valence-electron chi connectivity index (χ1n) is 8.41. The van der Waals surface area contributed by atoms with Gasteiger partial charge in [0.05, 0.1) is 18.7 Å². The summed E-state index contributed by atoms with van der Waals surface area (Å²) in [5, 5.41) is 5.54. The maximum absolute atomic E-state index is 12.5. The lowest BCUT2D eigenvalue weighted by atomic mass is 10.1. The fourth-order valence-electron chi connectivity index (χ4n) is 3.42. The maximum Gasteiger partial charge on any atom is 0.317 e. The van der Waals surface area contributed by atoms with Crippen LogP contribution < -0.4 is 0 Å². The molecule has 5 heteroatoms. The van der Waals surface area contributed by atoms with Crippen molar-refractivity contribution >= 4 is 22.7 Å². The van der Waals surface area contributed by atoms with Gasteiger partial charge in [-0.05, 0) is 36.6 Å². The number of fused-ring (bicyclic) bond motifs is 3. The summed E-state index contributed by atoms with van der Waals surface area (Å²) in [7, 11) is 0. The molecule has 0 spiro atoms. The SMILES string of the molecule is CCOC(=O)C1Cc2c(ccc3nn(Cc4ccccc4)cc23)C1=O. The van der Waals surface area contributed by atoms with Gasteiger partial charge in [-0.2, -0.15) is 5.10 Å². The van der Waals surface area contributed by atoms with Gasteiger partial charge in [-0.25, -0.2) is 0 Å². The number of hydrogen-bond acceptors (Lipinski definition) is 4. The first kappa shape index (κ1) is 15.6. The molecule has 0 radical (unpaired) electrons. The highest BCUT2D eigenvalue weighted by Gasteiger charge is 2.38. The molecule has 1 aliphatic rings. The molecule has 1 aliphatic carbocycles. The highest BCUT2D eigenvalue weighted by Crippen LogP contribution is 2.33. The molecule has 0 saturated heterocycles. The number of Topliss-reactive ketones (excluding diaryl/α,β-unsaturated/α-hetero) is 1. The lowest BCUT2D eigenvalue weighted by Gasteiger charge is -2.06. The smallest absolute Gasteiger partial charge is 0.317 e. The lowest BCUT2D eigenvalue weighted by molar-refractivity contribution is -0.145. The zero-order chi connectivity index (χ0) is 17.4. The van der Waals surface area contributed by atoms with Crippen LogP contribution in [0.1, 0.15) is 28.4 Å². The van der Waals surface area contributed by atoms with Crippen molar-refractivity contribution in [1.29, 1.82) is 0 Å².